The van der Waals surface area contributed by atoms with Gasteiger partial charge in [0.25, 0.3) is 0 Å². The van der Waals surface area contributed by atoms with Crippen molar-refractivity contribution in [2.45, 2.75) is 52.4 Å². The van der Waals surface area contributed by atoms with Crippen LogP contribution >= 0.6 is 0 Å². The van der Waals surface area contributed by atoms with Crippen LogP contribution in [0.4, 0.5) is 5.69 Å². The first-order valence-corrected chi connectivity index (χ1v) is 11.7. The fourth-order valence-corrected chi connectivity index (χ4v) is 5.92. The van der Waals surface area contributed by atoms with Gasteiger partial charge in [-0.15, -0.1) is 0 Å². The maximum absolute atomic E-state index is 13.3. The number of nitrogens with one attached hydrogen (secondary N) is 3. The highest BCUT2D eigenvalue weighted by Crippen LogP contribution is 2.42. The highest BCUT2D eigenvalue weighted by molar-refractivity contribution is 6.01. The van der Waals surface area contributed by atoms with E-state index in [4.69, 9.17) is 0 Å². The zero-order valence-electron chi connectivity index (χ0n) is 18.5. The number of fused-ring (bicyclic) bond motifs is 2. The average Bonchev–Trinajstić information content (AvgIpc) is 3.43. The molecule has 31 heavy (non-hydrogen) atoms. The van der Waals surface area contributed by atoms with E-state index < -0.39 is 0 Å². The van der Waals surface area contributed by atoms with Crippen molar-refractivity contribution < 1.29 is 4.79 Å². The number of carbonyl (C=O) groups is 1. The second-order valence-electron chi connectivity index (χ2n) is 10.6. The number of piperidine rings is 1. The number of hydrogen-bond acceptors (Lipinski definition) is 3. The summed E-state index contributed by atoms with van der Waals surface area (Å²) in [6.45, 7) is 7.37. The van der Waals surface area contributed by atoms with E-state index in [1.807, 2.05) is 4.90 Å². The van der Waals surface area contributed by atoms with Crippen LogP contribution < -0.4 is 10.2 Å². The fourth-order valence-electron chi connectivity index (χ4n) is 5.92. The predicted octanol–water partition coefficient (Wildman–Crippen LogP) is 4.18. The number of amides is 1. The summed E-state index contributed by atoms with van der Waals surface area (Å²) in [6.07, 6.45) is 6.18. The van der Waals surface area contributed by atoms with Gasteiger partial charge < -0.3 is 15.2 Å². The molecule has 0 saturated carbocycles. The van der Waals surface area contributed by atoms with Crippen LogP contribution in [0.5, 0.6) is 0 Å². The normalized spacial score (nSPS) is 22.4. The van der Waals surface area contributed by atoms with Crippen molar-refractivity contribution in [1.29, 1.82) is 0 Å². The Hall–Kier alpha value is -2.60. The second-order valence-corrected chi connectivity index (χ2v) is 10.6. The van der Waals surface area contributed by atoms with Gasteiger partial charge in [-0.2, -0.15) is 5.10 Å². The van der Waals surface area contributed by atoms with Crippen molar-refractivity contribution in [3.05, 3.63) is 35.5 Å². The van der Waals surface area contributed by atoms with Gasteiger partial charge in [0, 0.05) is 34.4 Å². The topological polar surface area (TPSA) is 76.8 Å². The third kappa shape index (κ3) is 3.03. The van der Waals surface area contributed by atoms with Crippen molar-refractivity contribution in [3.8, 4) is 11.4 Å². The van der Waals surface area contributed by atoms with E-state index in [0.717, 1.165) is 79.7 Å². The number of aromatic amines is 2. The number of carbonyl (C=O) groups excluding carboxylic acids is 1. The molecule has 3 aliphatic rings. The Morgan fingerprint density at radius 3 is 2.74 bits per heavy atom. The molecule has 3 N–H and O–H groups in total. The maximum atomic E-state index is 13.3. The summed E-state index contributed by atoms with van der Waals surface area (Å²) in [5.74, 6) is 0.309. The highest BCUT2D eigenvalue weighted by atomic mass is 16.2. The van der Waals surface area contributed by atoms with Crippen LogP contribution in [0.25, 0.3) is 22.3 Å². The molecule has 2 aromatic heterocycles. The van der Waals surface area contributed by atoms with Crippen LogP contribution in [-0.2, 0) is 17.6 Å². The van der Waals surface area contributed by atoms with Crippen molar-refractivity contribution in [2.75, 3.05) is 24.5 Å². The Balaban J connectivity index is 1.31. The summed E-state index contributed by atoms with van der Waals surface area (Å²) < 4.78 is 0. The molecule has 6 rings (SSSR count). The molecule has 3 aromatic rings. The third-order valence-electron chi connectivity index (χ3n) is 7.91. The zero-order valence-corrected chi connectivity index (χ0v) is 18.5. The molecule has 4 heterocycles. The van der Waals surface area contributed by atoms with E-state index in [2.05, 4.69) is 58.6 Å². The number of hydrogen-bond donors (Lipinski definition) is 3. The summed E-state index contributed by atoms with van der Waals surface area (Å²) in [5, 5.41) is 12.5. The maximum Gasteiger partial charge on any atom is 0.233 e. The summed E-state index contributed by atoms with van der Waals surface area (Å²) in [5.41, 5.74) is 7.00. The number of anilines is 1. The minimum Gasteiger partial charge on any atom is -0.353 e. The molecule has 1 aromatic carbocycles. The smallest absolute Gasteiger partial charge is 0.233 e. The second kappa shape index (κ2) is 6.70. The molecule has 0 radical (unpaired) electrons. The number of aromatic nitrogens is 3. The van der Waals surface area contributed by atoms with Gasteiger partial charge >= 0.3 is 0 Å². The van der Waals surface area contributed by atoms with E-state index in [9.17, 15) is 4.79 Å². The lowest BCUT2D eigenvalue weighted by molar-refractivity contribution is -0.126. The molecule has 1 spiro atoms. The van der Waals surface area contributed by atoms with E-state index >= 15 is 0 Å². The van der Waals surface area contributed by atoms with Gasteiger partial charge in [-0.3, -0.25) is 9.89 Å². The first-order chi connectivity index (χ1) is 14.9. The van der Waals surface area contributed by atoms with Crippen molar-refractivity contribution in [3.63, 3.8) is 0 Å². The molecule has 0 atom stereocenters. The first kappa shape index (κ1) is 19.1. The quantitative estimate of drug-likeness (QED) is 0.585. The van der Waals surface area contributed by atoms with Gasteiger partial charge in [-0.1, -0.05) is 19.9 Å². The van der Waals surface area contributed by atoms with Crippen molar-refractivity contribution in [2.24, 2.45) is 10.8 Å². The summed E-state index contributed by atoms with van der Waals surface area (Å²) in [6, 6.07) is 8.56. The van der Waals surface area contributed by atoms with Gasteiger partial charge in [-0.05, 0) is 75.2 Å². The summed E-state index contributed by atoms with van der Waals surface area (Å²) in [4.78, 5) is 18.9. The molecule has 2 fully saturated rings. The number of nitrogens with zero attached hydrogens (tertiary/aromatic N) is 2. The molecule has 1 amide bonds. The molecule has 1 aliphatic carbocycles. The lowest BCUT2D eigenvalue weighted by atomic mass is 9.76. The molecule has 6 heteroatoms. The number of H-pyrrole nitrogens is 2. The lowest BCUT2D eigenvalue weighted by Crippen LogP contribution is -2.42. The van der Waals surface area contributed by atoms with Gasteiger partial charge in [0.05, 0.1) is 11.1 Å². The van der Waals surface area contributed by atoms with Crippen molar-refractivity contribution in [1.82, 2.24) is 20.5 Å². The molecule has 0 unspecified atom stereocenters. The monoisotopic (exact) mass is 417 g/mol. The van der Waals surface area contributed by atoms with Gasteiger partial charge in [0.1, 0.15) is 5.69 Å². The third-order valence-corrected chi connectivity index (χ3v) is 7.91. The summed E-state index contributed by atoms with van der Waals surface area (Å²) in [7, 11) is 0. The Labute approximate surface area is 182 Å². The standard InChI is InChI=1S/C25H31N5O/c1-24(2)6-5-18-21(15-24)28-29-22(18)20-13-16-3-4-17(14-19(16)27-20)30-12-9-25(23(30)31)7-10-26-11-8-25/h3-4,13-14,26-27H,5-12,15H2,1-2H3,(H,28,29). The fraction of sp³-hybridized carbons (Fsp3) is 0.520. The van der Waals surface area contributed by atoms with Crippen LogP contribution in [0.2, 0.25) is 0 Å². The Morgan fingerprint density at radius 1 is 1.06 bits per heavy atom. The predicted molar refractivity (Wildman–Crippen MR) is 123 cm³/mol. The van der Waals surface area contributed by atoms with E-state index in [1.165, 1.54) is 17.7 Å². The van der Waals surface area contributed by atoms with E-state index in [-0.39, 0.29) is 5.41 Å². The van der Waals surface area contributed by atoms with E-state index in [1.54, 1.807) is 0 Å². The average molecular weight is 418 g/mol. The molecule has 0 bridgehead atoms. The van der Waals surface area contributed by atoms with Gasteiger partial charge in [0.15, 0.2) is 0 Å². The van der Waals surface area contributed by atoms with E-state index in [0.29, 0.717) is 11.3 Å². The first-order valence-electron chi connectivity index (χ1n) is 11.7. The lowest BCUT2D eigenvalue weighted by Gasteiger charge is -2.32. The number of benzene rings is 1. The van der Waals surface area contributed by atoms with Gasteiger partial charge in [0.2, 0.25) is 5.91 Å². The van der Waals surface area contributed by atoms with Crippen LogP contribution in [0.15, 0.2) is 24.3 Å². The molecular weight excluding hydrogens is 386 g/mol. The van der Waals surface area contributed by atoms with Crippen molar-refractivity contribution >= 4 is 22.5 Å². The van der Waals surface area contributed by atoms with Crippen LogP contribution in [0.3, 0.4) is 0 Å². The Bertz CT molecular complexity index is 1160. The van der Waals surface area contributed by atoms with Crippen LogP contribution in [-0.4, -0.2) is 40.7 Å². The minimum absolute atomic E-state index is 0.150. The zero-order chi connectivity index (χ0) is 21.2. The Kier molecular flexibility index (Phi) is 4.13. The molecule has 6 nitrogen and oxygen atoms in total. The summed E-state index contributed by atoms with van der Waals surface area (Å²) >= 11 is 0. The van der Waals surface area contributed by atoms with Crippen LogP contribution in [0.1, 0.15) is 50.8 Å². The minimum atomic E-state index is -0.150. The SMILES string of the molecule is CC1(C)CCc2c(-c3cc4ccc(N5CCC6(CCNCC6)C5=O)cc4[nH]3)n[nH]c2C1. The van der Waals surface area contributed by atoms with Gasteiger partial charge in [-0.25, -0.2) is 0 Å². The molecular formula is C25H31N5O. The molecule has 162 valence electrons. The molecule has 2 saturated heterocycles. The largest absolute Gasteiger partial charge is 0.353 e. The Morgan fingerprint density at radius 2 is 1.90 bits per heavy atom. The van der Waals surface area contributed by atoms with Crippen LogP contribution in [0, 0.1) is 10.8 Å². The number of rotatable bonds is 2. The molecule has 2 aliphatic heterocycles. The highest BCUT2D eigenvalue weighted by Gasteiger charge is 2.47.